The van der Waals surface area contributed by atoms with Crippen LogP contribution in [-0.2, 0) is 0 Å². The topological polar surface area (TPSA) is 0 Å². The van der Waals surface area contributed by atoms with Gasteiger partial charge in [-0.1, -0.05) is 41.5 Å². The molecule has 9 heavy (non-hydrogen) atoms. The van der Waals surface area contributed by atoms with E-state index in [0.717, 1.165) is 11.8 Å². The van der Waals surface area contributed by atoms with Gasteiger partial charge >= 0.3 is 0 Å². The minimum atomic E-state index is 0. The molecule has 0 aliphatic rings. The zero-order valence-electron chi connectivity index (χ0n) is 7.51. The molecule has 0 N–H and O–H groups in total. The molecule has 0 atom stereocenters. The van der Waals surface area contributed by atoms with Gasteiger partial charge in [-0.25, -0.2) is 0 Å². The van der Waals surface area contributed by atoms with Crippen molar-refractivity contribution in [2.75, 3.05) is 0 Å². The molecule has 0 saturated heterocycles. The van der Waals surface area contributed by atoms with E-state index in [9.17, 15) is 0 Å². The molecule has 60 valence electrons. The third kappa shape index (κ3) is 308. The Labute approximate surface area is 90.4 Å². The summed E-state index contributed by atoms with van der Waals surface area (Å²) in [6.45, 7) is 13.0. The van der Waals surface area contributed by atoms with Crippen molar-refractivity contribution in [3.8, 4) is 0 Å². The number of hydrogen-bond donors (Lipinski definition) is 0. The SMILES string of the molecule is CC(C)C.CC(C)C.[Ar]. The van der Waals surface area contributed by atoms with E-state index in [1.807, 2.05) is 0 Å². The first-order valence-corrected chi connectivity index (χ1v) is 3.46. The van der Waals surface area contributed by atoms with Crippen LogP contribution in [0.2, 0.25) is 0 Å². The van der Waals surface area contributed by atoms with Crippen LogP contribution in [-0.4, -0.2) is 0 Å². The average molecular weight is 156 g/mol. The summed E-state index contributed by atoms with van der Waals surface area (Å²) in [6, 6.07) is 0. The van der Waals surface area contributed by atoms with Crippen LogP contribution >= 0.6 is 0 Å². The molecule has 0 aromatic carbocycles. The van der Waals surface area contributed by atoms with Crippen molar-refractivity contribution in [2.45, 2.75) is 41.5 Å². The largest absolute Gasteiger partial charge is 0.0630 e. The molecule has 0 radical (unpaired) electrons. The predicted octanol–water partition coefficient (Wildman–Crippen LogP) is 3.32. The van der Waals surface area contributed by atoms with Gasteiger partial charge in [-0.3, -0.25) is 0 Å². The van der Waals surface area contributed by atoms with Gasteiger partial charge in [-0.05, 0) is 11.8 Å². The Hall–Kier alpha value is 1.26. The van der Waals surface area contributed by atoms with E-state index in [1.54, 1.807) is 0 Å². The molecule has 0 nitrogen and oxygen atoms in total. The van der Waals surface area contributed by atoms with Gasteiger partial charge in [0.2, 0.25) is 0 Å². The summed E-state index contributed by atoms with van der Waals surface area (Å²) in [7, 11) is 0. The fourth-order valence-corrected chi connectivity index (χ4v) is 0. The Kier molecular flexibility index (Phi) is 22.2. The van der Waals surface area contributed by atoms with E-state index in [-0.39, 0.29) is 37.7 Å². The Morgan fingerprint density at radius 2 is 0.556 bits per heavy atom. The van der Waals surface area contributed by atoms with Gasteiger partial charge in [0, 0.05) is 37.7 Å². The van der Waals surface area contributed by atoms with Gasteiger partial charge in [-0.2, -0.15) is 0 Å². The van der Waals surface area contributed by atoms with Crippen molar-refractivity contribution in [1.29, 1.82) is 0 Å². The quantitative estimate of drug-likeness (QED) is 0.504. The third-order valence-corrected chi connectivity index (χ3v) is 0. The molecule has 0 aromatic rings. The minimum Gasteiger partial charge on any atom is -0.0630 e. The molecule has 1 heteroatoms. The van der Waals surface area contributed by atoms with Crippen molar-refractivity contribution in [3.05, 3.63) is 0 Å². The zero-order valence-corrected chi connectivity index (χ0v) is 8.22. The van der Waals surface area contributed by atoms with Gasteiger partial charge in [0.15, 0.2) is 0 Å². The van der Waals surface area contributed by atoms with E-state index in [2.05, 4.69) is 41.5 Å². The van der Waals surface area contributed by atoms with Gasteiger partial charge in [0.05, 0.1) is 0 Å². The zero-order chi connectivity index (χ0) is 7.15. The summed E-state index contributed by atoms with van der Waals surface area (Å²) >= 11 is 0. The molecule has 0 fully saturated rings. The van der Waals surface area contributed by atoms with Gasteiger partial charge in [0.25, 0.3) is 0 Å². The van der Waals surface area contributed by atoms with E-state index < -0.39 is 0 Å². The first kappa shape index (κ1) is 16.7. The van der Waals surface area contributed by atoms with Crippen LogP contribution in [0.1, 0.15) is 41.5 Å². The molecule has 0 heterocycles. The normalized spacial score (nSPS) is 8.00. The Morgan fingerprint density at radius 3 is 0.556 bits per heavy atom. The molecule has 0 amide bonds. The molecule has 0 saturated carbocycles. The Balaban J connectivity index is -0.0000000720. The molecule has 0 aliphatic heterocycles. The van der Waals surface area contributed by atoms with Crippen molar-refractivity contribution >= 4 is 0 Å². The maximum atomic E-state index is 2.17. The van der Waals surface area contributed by atoms with Crippen LogP contribution in [0.25, 0.3) is 0 Å². The van der Waals surface area contributed by atoms with Gasteiger partial charge in [-0.15, -0.1) is 0 Å². The van der Waals surface area contributed by atoms with E-state index in [0.29, 0.717) is 0 Å². The summed E-state index contributed by atoms with van der Waals surface area (Å²) in [6.07, 6.45) is 0. The molecular weight excluding hydrogens is 136 g/mol. The van der Waals surface area contributed by atoms with E-state index >= 15 is 0 Å². The molecule has 0 spiro atoms. The standard InChI is InChI=1S/2C4H10.Ar/c2*1-4(2)3;/h2*4H,1-3H3;. The summed E-state index contributed by atoms with van der Waals surface area (Å²) in [5.74, 6) is 1.67. The van der Waals surface area contributed by atoms with Crippen LogP contribution in [0.15, 0.2) is 0 Å². The van der Waals surface area contributed by atoms with Crippen molar-refractivity contribution < 1.29 is 37.7 Å². The minimum absolute atomic E-state index is 0. The smallest absolute Gasteiger partial charge is 0 e. The van der Waals surface area contributed by atoms with Crippen LogP contribution in [0.5, 0.6) is 0 Å². The molecular formula is C8H20Ar. The molecule has 0 rings (SSSR count). The van der Waals surface area contributed by atoms with Crippen LogP contribution in [0.3, 0.4) is 0 Å². The number of rotatable bonds is 0. The molecule has 0 unspecified atom stereocenters. The maximum Gasteiger partial charge on any atom is 0 e. The first-order valence-electron chi connectivity index (χ1n) is 3.46. The second-order valence-corrected chi connectivity index (χ2v) is 3.46. The first-order chi connectivity index (χ1) is 3.46. The Bertz CT molecular complexity index is 20.0. The van der Waals surface area contributed by atoms with Crippen LogP contribution in [0, 0.1) is 49.6 Å². The van der Waals surface area contributed by atoms with Crippen LogP contribution < -0.4 is 0 Å². The monoisotopic (exact) mass is 156 g/mol. The second kappa shape index (κ2) is 12.0. The van der Waals surface area contributed by atoms with Gasteiger partial charge in [0.1, 0.15) is 0 Å². The summed E-state index contributed by atoms with van der Waals surface area (Å²) in [5.41, 5.74) is 0. The maximum absolute atomic E-state index is 2.17. The van der Waals surface area contributed by atoms with Crippen molar-refractivity contribution in [1.82, 2.24) is 0 Å². The van der Waals surface area contributed by atoms with Crippen molar-refractivity contribution in [2.24, 2.45) is 11.8 Å². The fourth-order valence-electron chi connectivity index (χ4n) is 0. The second-order valence-electron chi connectivity index (χ2n) is 3.46. The van der Waals surface area contributed by atoms with Crippen molar-refractivity contribution in [3.63, 3.8) is 0 Å². The fraction of sp³-hybridized carbons (Fsp3) is 1.00. The molecule has 0 aliphatic carbocycles. The predicted molar refractivity (Wildman–Crippen MR) is 41.0 cm³/mol. The van der Waals surface area contributed by atoms with E-state index in [1.165, 1.54) is 0 Å². The summed E-state index contributed by atoms with van der Waals surface area (Å²) in [4.78, 5) is 0. The third-order valence-electron chi connectivity index (χ3n) is 0. The molecule has 0 bridgehead atoms. The van der Waals surface area contributed by atoms with Gasteiger partial charge < -0.3 is 0 Å². The van der Waals surface area contributed by atoms with Crippen LogP contribution in [0.4, 0.5) is 0 Å². The number of hydrogen-bond acceptors (Lipinski definition) is 0. The Morgan fingerprint density at radius 1 is 0.556 bits per heavy atom. The summed E-state index contributed by atoms with van der Waals surface area (Å²) < 4.78 is 0. The van der Waals surface area contributed by atoms with E-state index in [4.69, 9.17) is 0 Å². The summed E-state index contributed by atoms with van der Waals surface area (Å²) in [5, 5.41) is 0. The average Bonchev–Trinajstić information content (AvgIpc) is 1.25. The molecule has 0 aromatic heterocycles.